The van der Waals surface area contributed by atoms with E-state index in [0.29, 0.717) is 6.42 Å². The summed E-state index contributed by atoms with van der Waals surface area (Å²) in [5.74, 6) is -0.644. The zero-order valence-corrected chi connectivity index (χ0v) is 9.72. The van der Waals surface area contributed by atoms with Crippen LogP contribution in [-0.2, 0) is 9.53 Å². The summed E-state index contributed by atoms with van der Waals surface area (Å²) in [7, 11) is 0. The Morgan fingerprint density at radius 2 is 2.00 bits per heavy atom. The zero-order chi connectivity index (χ0) is 12.7. The Morgan fingerprint density at radius 3 is 2.38 bits per heavy atom. The predicted molar refractivity (Wildman–Crippen MR) is 58.7 cm³/mol. The van der Waals surface area contributed by atoms with Gasteiger partial charge in [-0.25, -0.2) is 4.79 Å². The number of carbonyl (C=O) groups excluding carboxylic acids is 1. The van der Waals surface area contributed by atoms with Gasteiger partial charge in [0.2, 0.25) is 0 Å². The van der Waals surface area contributed by atoms with Gasteiger partial charge >= 0.3 is 5.97 Å². The molecule has 0 aromatic rings. The van der Waals surface area contributed by atoms with E-state index in [2.05, 4.69) is 6.58 Å². The van der Waals surface area contributed by atoms with Crippen LogP contribution >= 0.6 is 0 Å². The second-order valence-corrected chi connectivity index (χ2v) is 3.82. The van der Waals surface area contributed by atoms with Crippen molar-refractivity contribution in [3.8, 4) is 0 Å². The van der Waals surface area contributed by atoms with E-state index in [1.54, 1.807) is 0 Å². The van der Waals surface area contributed by atoms with Gasteiger partial charge in [-0.05, 0) is 26.7 Å². The van der Waals surface area contributed by atoms with Gasteiger partial charge in [-0.1, -0.05) is 6.58 Å². The maximum Gasteiger partial charge on any atom is 0.333 e. The number of aliphatic hydroxyl groups excluding tert-OH is 3. The summed E-state index contributed by atoms with van der Waals surface area (Å²) < 4.78 is 4.91. The normalized spacial score (nSPS) is 16.3. The van der Waals surface area contributed by atoms with Crippen molar-refractivity contribution in [3.05, 3.63) is 12.2 Å². The molecule has 0 spiro atoms. The van der Waals surface area contributed by atoms with Crippen molar-refractivity contribution >= 4 is 5.97 Å². The molecular formula is C11H20O5. The zero-order valence-electron chi connectivity index (χ0n) is 9.72. The number of rotatable bonds is 7. The van der Waals surface area contributed by atoms with Gasteiger partial charge in [-0.3, -0.25) is 0 Å². The molecule has 0 saturated carbocycles. The van der Waals surface area contributed by atoms with Gasteiger partial charge < -0.3 is 20.1 Å². The summed E-state index contributed by atoms with van der Waals surface area (Å²) >= 11 is 0. The van der Waals surface area contributed by atoms with Crippen LogP contribution in [0.25, 0.3) is 0 Å². The average Bonchev–Trinajstić information content (AvgIpc) is 2.21. The van der Waals surface area contributed by atoms with Gasteiger partial charge in [0.1, 0.15) is 0 Å². The largest absolute Gasteiger partial charge is 0.454 e. The van der Waals surface area contributed by atoms with Crippen LogP contribution in [0.1, 0.15) is 26.7 Å². The number of ether oxygens (including phenoxy) is 1. The fourth-order valence-corrected chi connectivity index (χ4v) is 1.19. The molecule has 94 valence electrons. The minimum atomic E-state index is -0.990. The van der Waals surface area contributed by atoms with E-state index in [-0.39, 0.29) is 18.6 Å². The van der Waals surface area contributed by atoms with Gasteiger partial charge in [-0.15, -0.1) is 0 Å². The van der Waals surface area contributed by atoms with Gasteiger partial charge in [0.25, 0.3) is 0 Å². The molecule has 0 aliphatic heterocycles. The summed E-state index contributed by atoms with van der Waals surface area (Å²) in [6.07, 6.45) is -2.31. The van der Waals surface area contributed by atoms with Crippen LogP contribution < -0.4 is 0 Å². The topological polar surface area (TPSA) is 87.0 Å². The molecule has 0 amide bonds. The van der Waals surface area contributed by atoms with E-state index >= 15 is 0 Å². The van der Waals surface area contributed by atoms with E-state index in [1.165, 1.54) is 13.8 Å². The molecule has 3 N–H and O–H groups in total. The highest BCUT2D eigenvalue weighted by atomic mass is 16.6. The van der Waals surface area contributed by atoms with Crippen LogP contribution in [-0.4, -0.2) is 46.2 Å². The van der Waals surface area contributed by atoms with Crippen LogP contribution in [0.15, 0.2) is 12.2 Å². The summed E-state index contributed by atoms with van der Waals surface area (Å²) in [5, 5.41) is 27.7. The van der Waals surface area contributed by atoms with Gasteiger partial charge in [0, 0.05) is 12.2 Å². The molecule has 0 rings (SSSR count). The first-order chi connectivity index (χ1) is 7.40. The molecule has 3 unspecified atom stereocenters. The Labute approximate surface area is 95.4 Å². The van der Waals surface area contributed by atoms with Gasteiger partial charge in [0.05, 0.1) is 12.2 Å². The third kappa shape index (κ3) is 5.25. The highest BCUT2D eigenvalue weighted by Crippen LogP contribution is 2.12. The third-order valence-corrected chi connectivity index (χ3v) is 2.10. The molecule has 3 atom stereocenters. The van der Waals surface area contributed by atoms with E-state index in [1.807, 2.05) is 0 Å². The van der Waals surface area contributed by atoms with Crippen LogP contribution in [0.3, 0.4) is 0 Å². The van der Waals surface area contributed by atoms with Crippen molar-refractivity contribution in [3.63, 3.8) is 0 Å². The number of hydrogen-bond donors (Lipinski definition) is 3. The number of hydrogen-bond acceptors (Lipinski definition) is 5. The lowest BCUT2D eigenvalue weighted by atomic mass is 10.0. The molecule has 16 heavy (non-hydrogen) atoms. The molecule has 0 heterocycles. The number of carbonyl (C=O) groups is 1. The Balaban J connectivity index is 4.37. The highest BCUT2D eigenvalue weighted by Gasteiger charge is 2.27. The second kappa shape index (κ2) is 7.38. The molecular weight excluding hydrogens is 212 g/mol. The first-order valence-electron chi connectivity index (χ1n) is 5.23. The fourth-order valence-electron chi connectivity index (χ4n) is 1.19. The molecule has 0 aromatic carbocycles. The first-order valence-corrected chi connectivity index (χ1v) is 5.23. The fraction of sp³-hybridized carbons (Fsp3) is 0.727. The lowest BCUT2D eigenvalue weighted by molar-refractivity contribution is -0.159. The van der Waals surface area contributed by atoms with Crippen molar-refractivity contribution in [2.24, 2.45) is 0 Å². The summed E-state index contributed by atoms with van der Waals surface area (Å²) in [5.41, 5.74) is 0.208. The third-order valence-electron chi connectivity index (χ3n) is 2.10. The molecule has 0 fully saturated rings. The second-order valence-electron chi connectivity index (χ2n) is 3.82. The van der Waals surface area contributed by atoms with E-state index < -0.39 is 24.3 Å². The molecule has 0 radical (unpaired) electrons. The monoisotopic (exact) mass is 232 g/mol. The van der Waals surface area contributed by atoms with E-state index in [4.69, 9.17) is 9.84 Å². The van der Waals surface area contributed by atoms with Crippen LogP contribution in [0, 0.1) is 0 Å². The van der Waals surface area contributed by atoms with Gasteiger partial charge in [-0.2, -0.15) is 0 Å². The van der Waals surface area contributed by atoms with Crippen LogP contribution in [0.4, 0.5) is 0 Å². The van der Waals surface area contributed by atoms with Gasteiger partial charge in [0.15, 0.2) is 6.10 Å². The summed E-state index contributed by atoms with van der Waals surface area (Å²) in [4.78, 5) is 11.2. The quantitative estimate of drug-likeness (QED) is 0.424. The number of aliphatic hydroxyl groups is 3. The lowest BCUT2D eigenvalue weighted by Crippen LogP contribution is -2.40. The number of esters is 1. The van der Waals surface area contributed by atoms with Crippen molar-refractivity contribution in [1.29, 1.82) is 0 Å². The van der Waals surface area contributed by atoms with Crippen molar-refractivity contribution < 1.29 is 24.9 Å². The molecule has 0 aromatic heterocycles. The molecule has 0 aliphatic carbocycles. The summed E-state index contributed by atoms with van der Waals surface area (Å²) in [6, 6.07) is 0. The lowest BCUT2D eigenvalue weighted by Gasteiger charge is -2.25. The minimum absolute atomic E-state index is 0.0575. The van der Waals surface area contributed by atoms with Crippen LogP contribution in [0.2, 0.25) is 0 Å². The molecule has 5 nitrogen and oxygen atoms in total. The SMILES string of the molecule is C=C(C)C(=O)OC(C(C)O)C(O)CCCO. The molecule has 0 bridgehead atoms. The Morgan fingerprint density at radius 1 is 1.44 bits per heavy atom. The summed E-state index contributed by atoms with van der Waals surface area (Å²) in [6.45, 7) is 6.27. The van der Waals surface area contributed by atoms with Crippen molar-refractivity contribution in [1.82, 2.24) is 0 Å². The van der Waals surface area contributed by atoms with E-state index in [9.17, 15) is 15.0 Å². The predicted octanol–water partition coefficient (Wildman–Crippen LogP) is -0.0115. The smallest absolute Gasteiger partial charge is 0.333 e. The Kier molecular flexibility index (Phi) is 6.96. The maximum atomic E-state index is 11.2. The molecule has 0 aliphatic rings. The highest BCUT2D eigenvalue weighted by molar-refractivity contribution is 5.87. The van der Waals surface area contributed by atoms with E-state index in [0.717, 1.165) is 0 Å². The Bertz CT molecular complexity index is 237. The first kappa shape index (κ1) is 15.1. The van der Waals surface area contributed by atoms with Crippen LogP contribution in [0.5, 0.6) is 0 Å². The maximum absolute atomic E-state index is 11.2. The minimum Gasteiger partial charge on any atom is -0.454 e. The standard InChI is InChI=1S/C11H20O5/c1-7(2)11(15)16-10(8(3)13)9(14)5-4-6-12/h8-10,12-14H,1,4-6H2,2-3H3. The van der Waals surface area contributed by atoms with Crippen molar-refractivity contribution in [2.75, 3.05) is 6.61 Å². The average molecular weight is 232 g/mol. The molecule has 5 heteroatoms. The Hall–Kier alpha value is -0.910. The van der Waals surface area contributed by atoms with Crippen molar-refractivity contribution in [2.45, 2.75) is 45.0 Å². The molecule has 0 saturated heterocycles.